The van der Waals surface area contributed by atoms with Gasteiger partial charge in [0.1, 0.15) is 0 Å². The molecule has 39 heavy (non-hydrogen) atoms. The normalized spacial score (nSPS) is 14.7. The van der Waals surface area contributed by atoms with Crippen LogP contribution in [0, 0.1) is 0 Å². The first-order chi connectivity index (χ1) is 19.1. The number of carbonyl (C=O) groups excluding carboxylic acids is 2. The summed E-state index contributed by atoms with van der Waals surface area (Å²) in [6, 6.07) is 28.2. The maximum Gasteiger partial charge on any atom is 0.228 e. The Bertz CT molecular complexity index is 1100. The predicted molar refractivity (Wildman–Crippen MR) is 159 cm³/mol. The van der Waals surface area contributed by atoms with E-state index < -0.39 is 0 Å². The average Bonchev–Trinajstić information content (AvgIpc) is 3.53. The number of aliphatic imine (C=N–C) groups is 1. The molecule has 4 rings (SSSR count). The summed E-state index contributed by atoms with van der Waals surface area (Å²) >= 11 is 0. The van der Waals surface area contributed by atoms with Crippen LogP contribution < -0.4 is 21.7 Å². The summed E-state index contributed by atoms with van der Waals surface area (Å²) in [7, 11) is 3.52. The van der Waals surface area contributed by atoms with Crippen molar-refractivity contribution >= 4 is 24.3 Å². The second kappa shape index (κ2) is 19.0. The molecule has 0 bridgehead atoms. The van der Waals surface area contributed by atoms with Gasteiger partial charge in [0.05, 0.1) is 18.4 Å². The maximum atomic E-state index is 12.9. The zero-order chi connectivity index (χ0) is 28.1. The summed E-state index contributed by atoms with van der Waals surface area (Å²) in [5.41, 5.74) is 9.06. The minimum Gasteiger partial charge on any atom is -0.390 e. The number of nitrogens with two attached hydrogens (primary N) is 1. The highest BCUT2D eigenvalue weighted by Gasteiger charge is 2.20. The predicted octanol–water partition coefficient (Wildman–Crippen LogP) is 3.89. The molecule has 1 saturated heterocycles. The molecule has 3 aromatic rings. The lowest BCUT2D eigenvalue weighted by Crippen LogP contribution is -2.30. The first kappa shape index (κ1) is 31.1. The Morgan fingerprint density at radius 2 is 1.72 bits per heavy atom. The largest absolute Gasteiger partial charge is 0.390 e. The number of rotatable bonds is 10. The fourth-order valence-electron chi connectivity index (χ4n) is 4.03. The van der Waals surface area contributed by atoms with Crippen LogP contribution in [0.2, 0.25) is 0 Å². The van der Waals surface area contributed by atoms with Crippen LogP contribution in [-0.2, 0) is 27.3 Å². The summed E-state index contributed by atoms with van der Waals surface area (Å²) in [6.45, 7) is 2.04. The molecule has 0 radical (unpaired) electrons. The van der Waals surface area contributed by atoms with E-state index in [1.165, 1.54) is 6.34 Å². The van der Waals surface area contributed by atoms with Crippen molar-refractivity contribution in [2.75, 3.05) is 32.6 Å². The van der Waals surface area contributed by atoms with Crippen molar-refractivity contribution in [3.8, 4) is 0 Å². The molecule has 3 aromatic carbocycles. The molecule has 1 aliphatic rings. The molecule has 1 fully saturated rings. The molecule has 2 amide bonds. The highest BCUT2D eigenvalue weighted by atomic mass is 16.5. The van der Waals surface area contributed by atoms with Gasteiger partial charge in [0.2, 0.25) is 12.3 Å². The average molecular weight is 532 g/mol. The number of benzene rings is 3. The lowest BCUT2D eigenvalue weighted by Gasteiger charge is -2.18. The molecule has 5 N–H and O–H groups in total. The standard InChI is InChI=1S/C23H24N2O.C6H11NO2.C2H6N2/c1-24-21-14-8-11-19(15-21)17-25-23(26)22(20-12-6-3-7-13-20)16-18-9-4-2-5-10-18;8-5-7-4-6-2-1-3-9-6;1-4-2-3/h2-15,22,24H,16-17H2,1H3,(H,25,26);5-6H,1-4H2,(H,7,8);2H,1H3,(H2,3,4). The molecule has 8 nitrogen and oxygen atoms in total. The molecule has 0 spiro atoms. The van der Waals surface area contributed by atoms with E-state index in [9.17, 15) is 9.59 Å². The molecule has 8 heteroatoms. The molecule has 0 aliphatic carbocycles. The Labute approximate surface area is 232 Å². The van der Waals surface area contributed by atoms with Crippen LogP contribution in [-0.4, -0.2) is 52.0 Å². The Balaban J connectivity index is 0.000000339. The molecule has 1 heterocycles. The van der Waals surface area contributed by atoms with Crippen LogP contribution in [0.25, 0.3) is 0 Å². The Morgan fingerprint density at radius 1 is 1.05 bits per heavy atom. The lowest BCUT2D eigenvalue weighted by molar-refractivity contribution is -0.122. The number of hydrogen-bond donors (Lipinski definition) is 4. The van der Waals surface area contributed by atoms with Crippen molar-refractivity contribution in [2.24, 2.45) is 10.7 Å². The van der Waals surface area contributed by atoms with Gasteiger partial charge in [-0.3, -0.25) is 14.6 Å². The second-order valence-corrected chi connectivity index (χ2v) is 8.89. The number of hydrogen-bond acceptors (Lipinski definition) is 5. The second-order valence-electron chi connectivity index (χ2n) is 8.89. The Kier molecular flexibility index (Phi) is 15.1. The van der Waals surface area contributed by atoms with Gasteiger partial charge in [-0.25, -0.2) is 0 Å². The maximum absolute atomic E-state index is 12.9. The Hall–Kier alpha value is -4.17. The van der Waals surface area contributed by atoms with E-state index in [0.29, 0.717) is 25.9 Å². The third kappa shape index (κ3) is 12.3. The molecule has 1 aliphatic heterocycles. The Morgan fingerprint density at radius 3 is 2.31 bits per heavy atom. The van der Waals surface area contributed by atoms with Crippen LogP contribution in [0.1, 0.15) is 35.4 Å². The van der Waals surface area contributed by atoms with Gasteiger partial charge >= 0.3 is 0 Å². The quantitative estimate of drug-likeness (QED) is 0.180. The molecule has 0 aromatic heterocycles. The van der Waals surface area contributed by atoms with Crippen LogP contribution in [0.5, 0.6) is 0 Å². The highest BCUT2D eigenvalue weighted by Crippen LogP contribution is 2.21. The van der Waals surface area contributed by atoms with Gasteiger partial charge in [0.25, 0.3) is 0 Å². The van der Waals surface area contributed by atoms with Gasteiger partial charge < -0.3 is 26.4 Å². The monoisotopic (exact) mass is 531 g/mol. The van der Waals surface area contributed by atoms with Gasteiger partial charge in [-0.2, -0.15) is 0 Å². The fraction of sp³-hybridized carbons (Fsp3) is 0.323. The molecule has 2 unspecified atom stereocenters. The van der Waals surface area contributed by atoms with Crippen LogP contribution in [0.4, 0.5) is 5.69 Å². The number of ether oxygens (including phenoxy) is 1. The number of nitrogens with one attached hydrogen (secondary N) is 3. The number of nitrogens with zero attached hydrogens (tertiary/aromatic N) is 1. The smallest absolute Gasteiger partial charge is 0.228 e. The zero-order valence-electron chi connectivity index (χ0n) is 22.9. The summed E-state index contributed by atoms with van der Waals surface area (Å²) in [5, 5.41) is 8.81. The van der Waals surface area contributed by atoms with Crippen molar-refractivity contribution in [3.05, 3.63) is 102 Å². The first-order valence-corrected chi connectivity index (χ1v) is 13.2. The van der Waals surface area contributed by atoms with Gasteiger partial charge in [0.15, 0.2) is 0 Å². The number of carbonyl (C=O) groups is 2. The fourth-order valence-corrected chi connectivity index (χ4v) is 4.03. The molecule has 0 saturated carbocycles. The van der Waals surface area contributed by atoms with Gasteiger partial charge in [-0.15, -0.1) is 0 Å². The summed E-state index contributed by atoms with van der Waals surface area (Å²) < 4.78 is 5.23. The molecule has 2 atom stereocenters. The van der Waals surface area contributed by atoms with Crippen LogP contribution in [0.3, 0.4) is 0 Å². The van der Waals surface area contributed by atoms with Crippen molar-refractivity contribution < 1.29 is 14.3 Å². The lowest BCUT2D eigenvalue weighted by atomic mass is 9.91. The topological polar surface area (TPSA) is 118 Å². The first-order valence-electron chi connectivity index (χ1n) is 13.2. The van der Waals surface area contributed by atoms with Gasteiger partial charge in [0, 0.05) is 39.5 Å². The zero-order valence-corrected chi connectivity index (χ0v) is 22.9. The highest BCUT2D eigenvalue weighted by molar-refractivity contribution is 5.84. The third-order valence-electron chi connectivity index (χ3n) is 6.09. The minimum atomic E-state index is -0.203. The van der Waals surface area contributed by atoms with E-state index in [4.69, 9.17) is 10.5 Å². The van der Waals surface area contributed by atoms with Crippen molar-refractivity contribution in [1.82, 2.24) is 10.6 Å². The molecule has 208 valence electrons. The van der Waals surface area contributed by atoms with Crippen molar-refractivity contribution in [3.63, 3.8) is 0 Å². The minimum absolute atomic E-state index is 0.0508. The van der Waals surface area contributed by atoms with E-state index in [2.05, 4.69) is 39.1 Å². The summed E-state index contributed by atoms with van der Waals surface area (Å²) in [6.07, 6.45) is 5.14. The van der Waals surface area contributed by atoms with Crippen LogP contribution >= 0.6 is 0 Å². The van der Waals surface area contributed by atoms with E-state index in [1.807, 2.05) is 73.8 Å². The molecular weight excluding hydrogens is 490 g/mol. The number of anilines is 1. The van der Waals surface area contributed by atoms with E-state index in [0.717, 1.165) is 41.8 Å². The van der Waals surface area contributed by atoms with Gasteiger partial charge in [-0.05, 0) is 48.1 Å². The van der Waals surface area contributed by atoms with Crippen molar-refractivity contribution in [1.29, 1.82) is 0 Å². The number of amides is 2. The van der Waals surface area contributed by atoms with E-state index >= 15 is 0 Å². The summed E-state index contributed by atoms with van der Waals surface area (Å²) in [5.74, 6) is -0.152. The third-order valence-corrected chi connectivity index (χ3v) is 6.09. The van der Waals surface area contributed by atoms with E-state index in [1.54, 1.807) is 7.05 Å². The van der Waals surface area contributed by atoms with Crippen LogP contribution in [0.15, 0.2) is 89.9 Å². The van der Waals surface area contributed by atoms with E-state index in [-0.39, 0.29) is 17.9 Å². The SMILES string of the molecule is CN=CN.CNc1cccc(CNC(=O)C(Cc2ccccc2)c2ccccc2)c1.O=CNCC1CCCO1. The van der Waals surface area contributed by atoms with Crippen molar-refractivity contribution in [2.45, 2.75) is 37.8 Å². The van der Waals surface area contributed by atoms with Gasteiger partial charge in [-0.1, -0.05) is 72.8 Å². The molecular formula is C31H41N5O3. The summed E-state index contributed by atoms with van der Waals surface area (Å²) in [4.78, 5) is 26.1.